The van der Waals surface area contributed by atoms with Gasteiger partial charge in [-0.2, -0.15) is 0 Å². The topological polar surface area (TPSA) is 72.5 Å². The molecule has 33 heavy (non-hydrogen) atoms. The summed E-state index contributed by atoms with van der Waals surface area (Å²) in [7, 11) is -2.82. The second kappa shape index (κ2) is 10.9. The van der Waals surface area contributed by atoms with E-state index in [4.69, 9.17) is 39.5 Å². The van der Waals surface area contributed by atoms with E-state index < -0.39 is 15.9 Å². The molecule has 10 heteroatoms. The van der Waals surface area contributed by atoms with Crippen LogP contribution < -0.4 is 9.46 Å². The number of methoxy groups -OCH3 is 1. The number of benzene rings is 3. The summed E-state index contributed by atoms with van der Waals surface area (Å²) in [4.78, 5) is 12.3. The largest absolute Gasteiger partial charge is 0.495 e. The molecule has 0 spiro atoms. The van der Waals surface area contributed by atoms with Gasteiger partial charge in [-0.15, -0.1) is 0 Å². The molecule has 0 unspecified atom stereocenters. The van der Waals surface area contributed by atoms with Crippen LogP contribution >= 0.6 is 50.7 Å². The summed E-state index contributed by atoms with van der Waals surface area (Å²) in [6.45, 7) is 0. The minimum atomic E-state index is -4.16. The Morgan fingerprint density at radius 2 is 1.79 bits per heavy atom. The summed E-state index contributed by atoms with van der Waals surface area (Å²) in [5.74, 6) is -0.710. The van der Waals surface area contributed by atoms with Crippen LogP contribution in [-0.4, -0.2) is 21.4 Å². The van der Waals surface area contributed by atoms with Gasteiger partial charge in [0.05, 0.1) is 17.2 Å². The lowest BCUT2D eigenvalue weighted by Crippen LogP contribution is -2.29. The van der Waals surface area contributed by atoms with Crippen molar-refractivity contribution in [3.63, 3.8) is 0 Å². The minimum Gasteiger partial charge on any atom is -0.495 e. The molecule has 0 heterocycles. The number of sulfonamides is 1. The number of carbonyl (C=O) groups is 1. The predicted molar refractivity (Wildman–Crippen MR) is 136 cm³/mol. The molecule has 1 N–H and O–H groups in total. The van der Waals surface area contributed by atoms with E-state index in [1.54, 1.807) is 30.3 Å². The first-order valence-electron chi connectivity index (χ1n) is 9.40. The first kappa shape index (κ1) is 25.6. The normalized spacial score (nSPS) is 11.5. The van der Waals surface area contributed by atoms with E-state index in [0.29, 0.717) is 31.5 Å². The van der Waals surface area contributed by atoms with Crippen molar-refractivity contribution in [3.05, 3.63) is 96.9 Å². The van der Waals surface area contributed by atoms with E-state index in [1.807, 2.05) is 16.9 Å². The average molecular weight is 590 g/mol. The third-order valence-electron chi connectivity index (χ3n) is 4.55. The first-order valence-corrected chi connectivity index (χ1v) is 12.8. The summed E-state index contributed by atoms with van der Waals surface area (Å²) in [6, 6.07) is 15.0. The molecular formula is C23H17BrCl3NO4S. The van der Waals surface area contributed by atoms with Crippen molar-refractivity contribution >= 4 is 72.7 Å². The van der Waals surface area contributed by atoms with E-state index in [-0.39, 0.29) is 10.6 Å². The Labute approximate surface area is 215 Å². The third-order valence-corrected chi connectivity index (χ3v) is 7.39. The van der Waals surface area contributed by atoms with Crippen molar-refractivity contribution in [1.82, 2.24) is 4.72 Å². The number of rotatable bonds is 7. The SMILES string of the molecule is COc1ccc(Br)cc1S(=O)(=O)NC(=O)C=Cc1cc(Cl)ccc1Cc1ccc(Cl)c(Cl)c1. The van der Waals surface area contributed by atoms with E-state index in [2.05, 4.69) is 15.9 Å². The zero-order valence-electron chi connectivity index (χ0n) is 17.1. The summed E-state index contributed by atoms with van der Waals surface area (Å²) in [5, 5.41) is 1.36. The molecule has 0 saturated carbocycles. The third kappa shape index (κ3) is 6.74. The highest BCUT2D eigenvalue weighted by atomic mass is 79.9. The molecule has 5 nitrogen and oxygen atoms in total. The molecule has 0 fully saturated rings. The Kier molecular flexibility index (Phi) is 8.48. The Morgan fingerprint density at radius 3 is 2.48 bits per heavy atom. The van der Waals surface area contributed by atoms with Crippen molar-refractivity contribution in [1.29, 1.82) is 0 Å². The van der Waals surface area contributed by atoms with Gasteiger partial charge in [0, 0.05) is 15.6 Å². The average Bonchev–Trinajstić information content (AvgIpc) is 2.76. The van der Waals surface area contributed by atoms with Crippen LogP contribution in [-0.2, 0) is 21.2 Å². The molecule has 1 amide bonds. The maximum Gasteiger partial charge on any atom is 0.268 e. The molecule has 0 aliphatic rings. The Bertz CT molecular complexity index is 1340. The number of amides is 1. The number of halogens is 4. The van der Waals surface area contributed by atoms with Gasteiger partial charge in [-0.1, -0.05) is 62.9 Å². The maximum absolute atomic E-state index is 12.7. The Balaban J connectivity index is 1.83. The van der Waals surface area contributed by atoms with Gasteiger partial charge in [-0.3, -0.25) is 4.79 Å². The lowest BCUT2D eigenvalue weighted by atomic mass is 9.99. The highest BCUT2D eigenvalue weighted by molar-refractivity contribution is 9.10. The summed E-state index contributed by atoms with van der Waals surface area (Å²) in [6.07, 6.45) is 3.14. The van der Waals surface area contributed by atoms with Crippen LogP contribution in [0.3, 0.4) is 0 Å². The fourth-order valence-corrected chi connectivity index (χ4v) is 5.15. The minimum absolute atomic E-state index is 0.112. The highest BCUT2D eigenvalue weighted by Gasteiger charge is 2.21. The van der Waals surface area contributed by atoms with Gasteiger partial charge in [-0.25, -0.2) is 13.1 Å². The summed E-state index contributed by atoms with van der Waals surface area (Å²) in [5.41, 5.74) is 2.43. The van der Waals surface area contributed by atoms with Gasteiger partial charge in [-0.05, 0) is 71.7 Å². The van der Waals surface area contributed by atoms with Gasteiger partial charge < -0.3 is 4.74 Å². The van der Waals surface area contributed by atoms with Crippen LogP contribution in [0.5, 0.6) is 5.75 Å². The number of ether oxygens (including phenoxy) is 1. The van der Waals surface area contributed by atoms with Gasteiger partial charge in [0.1, 0.15) is 10.6 Å². The van der Waals surface area contributed by atoms with E-state index in [1.165, 1.54) is 25.3 Å². The number of carbonyl (C=O) groups excluding carboxylic acids is 1. The lowest BCUT2D eigenvalue weighted by Gasteiger charge is -2.10. The fraction of sp³-hybridized carbons (Fsp3) is 0.0870. The van der Waals surface area contributed by atoms with Crippen LogP contribution in [0.2, 0.25) is 15.1 Å². The van der Waals surface area contributed by atoms with E-state index >= 15 is 0 Å². The molecule has 0 atom stereocenters. The predicted octanol–water partition coefficient (Wildman–Crippen LogP) is 6.53. The number of hydrogen-bond acceptors (Lipinski definition) is 4. The molecule has 0 aliphatic heterocycles. The van der Waals surface area contributed by atoms with E-state index in [9.17, 15) is 13.2 Å². The Hall–Kier alpha value is -2.03. The van der Waals surface area contributed by atoms with Crippen molar-refractivity contribution < 1.29 is 17.9 Å². The lowest BCUT2D eigenvalue weighted by molar-refractivity contribution is -0.114. The maximum atomic E-state index is 12.7. The monoisotopic (exact) mass is 587 g/mol. The zero-order chi connectivity index (χ0) is 24.2. The quantitative estimate of drug-likeness (QED) is 0.318. The van der Waals surface area contributed by atoms with Crippen LogP contribution in [0.1, 0.15) is 16.7 Å². The van der Waals surface area contributed by atoms with Crippen LogP contribution in [0, 0.1) is 0 Å². The molecule has 0 aliphatic carbocycles. The van der Waals surface area contributed by atoms with Crippen molar-refractivity contribution in [2.45, 2.75) is 11.3 Å². The molecule has 3 aromatic carbocycles. The van der Waals surface area contributed by atoms with Crippen LogP contribution in [0.15, 0.2) is 70.0 Å². The molecule has 0 bridgehead atoms. The molecule has 0 radical (unpaired) electrons. The standard InChI is InChI=1S/C23H17BrCl3NO4S/c1-32-21-8-5-17(24)13-22(21)33(30,31)28-23(29)9-4-16-12-18(25)6-3-15(16)10-14-2-7-19(26)20(27)11-14/h2-9,11-13H,10H2,1H3,(H,28,29). The van der Waals surface area contributed by atoms with Gasteiger partial charge in [0.25, 0.3) is 15.9 Å². The highest BCUT2D eigenvalue weighted by Crippen LogP contribution is 2.28. The second-order valence-corrected chi connectivity index (χ2v) is 10.7. The molecule has 3 rings (SSSR count). The molecule has 0 aromatic heterocycles. The number of hydrogen-bond donors (Lipinski definition) is 1. The summed E-state index contributed by atoms with van der Waals surface area (Å²) >= 11 is 21.4. The molecular weight excluding hydrogens is 573 g/mol. The molecule has 3 aromatic rings. The van der Waals surface area contributed by atoms with Gasteiger partial charge in [0.15, 0.2) is 0 Å². The van der Waals surface area contributed by atoms with E-state index in [0.717, 1.165) is 17.2 Å². The fourth-order valence-electron chi connectivity index (χ4n) is 3.00. The van der Waals surface area contributed by atoms with Gasteiger partial charge in [0.2, 0.25) is 0 Å². The van der Waals surface area contributed by atoms with Crippen LogP contribution in [0.25, 0.3) is 6.08 Å². The molecule has 172 valence electrons. The number of nitrogens with one attached hydrogen (secondary N) is 1. The van der Waals surface area contributed by atoms with Crippen LogP contribution in [0.4, 0.5) is 0 Å². The second-order valence-electron chi connectivity index (χ2n) is 6.87. The summed E-state index contributed by atoms with van der Waals surface area (Å²) < 4.78 is 33.0. The Morgan fingerprint density at radius 1 is 1.03 bits per heavy atom. The van der Waals surface area contributed by atoms with Crippen molar-refractivity contribution in [3.8, 4) is 5.75 Å². The molecule has 0 saturated heterocycles. The van der Waals surface area contributed by atoms with Crippen molar-refractivity contribution in [2.24, 2.45) is 0 Å². The van der Waals surface area contributed by atoms with Gasteiger partial charge >= 0.3 is 0 Å². The smallest absolute Gasteiger partial charge is 0.268 e. The zero-order valence-corrected chi connectivity index (χ0v) is 21.8. The van der Waals surface area contributed by atoms with Crippen molar-refractivity contribution in [2.75, 3.05) is 7.11 Å². The first-order chi connectivity index (χ1) is 15.6.